The Hall–Kier alpha value is -5.15. The summed E-state index contributed by atoms with van der Waals surface area (Å²) < 4.78 is 47.2. The van der Waals surface area contributed by atoms with Crippen LogP contribution in [0.3, 0.4) is 0 Å². The number of benzene rings is 2. The number of fused-ring (bicyclic) bond motifs is 4. The number of Topliss-reactive ketones (excluding diaryl/α,β-unsaturated/α-hetero) is 1. The summed E-state index contributed by atoms with van der Waals surface area (Å²) >= 11 is 1.68. The van der Waals surface area contributed by atoms with E-state index in [4.69, 9.17) is 28.8 Å². The molecule has 9 rings (SSSR count). The van der Waals surface area contributed by atoms with Crippen molar-refractivity contribution in [1.29, 1.82) is 0 Å². The number of hydrogen-bond donors (Lipinski definition) is 1. The summed E-state index contributed by atoms with van der Waals surface area (Å²) in [6.45, 7) is 14.0. The highest BCUT2D eigenvalue weighted by atomic mass is 32.2. The van der Waals surface area contributed by atoms with Crippen LogP contribution in [0.1, 0.15) is 95.1 Å². The average Bonchev–Trinajstić information content (AvgIpc) is 4.09. The zero-order chi connectivity index (χ0) is 44.4. The third kappa shape index (κ3) is 8.62. The van der Waals surface area contributed by atoms with Gasteiger partial charge in [-0.1, -0.05) is 39.0 Å². The van der Waals surface area contributed by atoms with Gasteiger partial charge < -0.3 is 18.8 Å². The van der Waals surface area contributed by atoms with E-state index in [0.717, 1.165) is 47.3 Å². The first-order valence-corrected chi connectivity index (χ1v) is 24.5. The molecule has 4 heterocycles. The molecule has 0 spiro atoms. The summed E-state index contributed by atoms with van der Waals surface area (Å²) in [5.74, 6) is -0.866. The van der Waals surface area contributed by atoms with E-state index in [2.05, 4.69) is 11.3 Å². The van der Waals surface area contributed by atoms with Crippen LogP contribution < -0.4 is 14.2 Å². The van der Waals surface area contributed by atoms with Crippen LogP contribution >= 0.6 is 11.3 Å². The highest BCUT2D eigenvalue weighted by Crippen LogP contribution is 2.57. The van der Waals surface area contributed by atoms with E-state index < -0.39 is 56.0 Å². The summed E-state index contributed by atoms with van der Waals surface area (Å²) in [7, 11) is -3.86. The molecule has 1 aliphatic heterocycles. The molecule has 1 saturated heterocycles. The van der Waals surface area contributed by atoms with E-state index >= 15 is 4.79 Å². The van der Waals surface area contributed by atoms with E-state index in [1.54, 1.807) is 22.3 Å². The summed E-state index contributed by atoms with van der Waals surface area (Å²) in [5, 5.41) is 1.09. The molecule has 5 aromatic rings. The van der Waals surface area contributed by atoms with Gasteiger partial charge in [0.15, 0.2) is 11.6 Å². The third-order valence-electron chi connectivity index (χ3n) is 13.0. The zero-order valence-corrected chi connectivity index (χ0v) is 38.1. The highest BCUT2D eigenvalue weighted by Gasteiger charge is 2.61. The molecule has 15 heteroatoms. The number of hydrogen-bond acceptors (Lipinski definition) is 12. The second-order valence-corrected chi connectivity index (χ2v) is 22.3. The van der Waals surface area contributed by atoms with Crippen LogP contribution in [0.4, 0.5) is 0 Å². The number of nitrogens with one attached hydrogen (secondary N) is 1. The van der Waals surface area contributed by atoms with Crippen molar-refractivity contribution in [2.75, 3.05) is 6.54 Å². The number of amides is 2. The molecule has 3 fully saturated rings. The second-order valence-electron chi connectivity index (χ2n) is 19.1. The van der Waals surface area contributed by atoms with Crippen molar-refractivity contribution in [2.24, 2.45) is 22.7 Å². The Bertz CT molecular complexity index is 2690. The predicted molar refractivity (Wildman–Crippen MR) is 241 cm³/mol. The lowest BCUT2D eigenvalue weighted by atomic mass is 9.77. The fraction of sp³-hybridized carbons (Fsp3) is 0.500. The molecule has 13 nitrogen and oxygen atoms in total. The van der Waals surface area contributed by atoms with Crippen LogP contribution in [0.5, 0.6) is 11.6 Å². The van der Waals surface area contributed by atoms with Gasteiger partial charge in [0.1, 0.15) is 23.0 Å². The van der Waals surface area contributed by atoms with E-state index in [1.807, 2.05) is 83.1 Å². The van der Waals surface area contributed by atoms with E-state index in [9.17, 15) is 18.0 Å². The quantitative estimate of drug-likeness (QED) is 0.101. The van der Waals surface area contributed by atoms with Gasteiger partial charge in [-0.05, 0) is 107 Å². The minimum absolute atomic E-state index is 0.00415. The first kappa shape index (κ1) is 43.1. The lowest BCUT2D eigenvalue weighted by Gasteiger charge is -2.35. The lowest BCUT2D eigenvalue weighted by molar-refractivity contribution is -0.144. The minimum Gasteiger partial charge on any atom is -0.491 e. The van der Waals surface area contributed by atoms with E-state index in [-0.39, 0.29) is 49.5 Å². The first-order valence-electron chi connectivity index (χ1n) is 22.2. The molecule has 5 atom stereocenters. The molecule has 2 saturated carbocycles. The van der Waals surface area contributed by atoms with Crippen molar-refractivity contribution in [3.8, 4) is 23.0 Å². The Balaban J connectivity index is 1.06. The number of sulfonamides is 1. The number of furan rings is 1. The summed E-state index contributed by atoms with van der Waals surface area (Å²) in [6.07, 6.45) is 6.62. The number of ether oxygens (including phenoxy) is 2. The van der Waals surface area contributed by atoms with Gasteiger partial charge in [0.05, 0.1) is 40.1 Å². The number of para-hydroxylation sites is 1. The topological polar surface area (TPSA) is 171 Å². The third-order valence-corrected chi connectivity index (χ3v) is 16.0. The molecule has 1 N–H and O–H groups in total. The van der Waals surface area contributed by atoms with Crippen LogP contribution in [0.2, 0.25) is 0 Å². The van der Waals surface area contributed by atoms with Crippen molar-refractivity contribution < 1.29 is 36.7 Å². The summed E-state index contributed by atoms with van der Waals surface area (Å²) in [5.41, 5.74) is 1.57. The Morgan fingerprint density at radius 3 is 2.48 bits per heavy atom. The van der Waals surface area contributed by atoms with E-state index in [1.165, 1.54) is 4.88 Å². The summed E-state index contributed by atoms with van der Waals surface area (Å²) in [4.78, 5) is 61.6. The number of rotatable bonds is 15. The number of aromatic nitrogens is 3. The molecular formula is C48H55N5O8S2. The molecule has 2 aromatic carbocycles. The highest BCUT2D eigenvalue weighted by molar-refractivity contribution is 7.90. The first-order chi connectivity index (χ1) is 30.0. The van der Waals surface area contributed by atoms with Gasteiger partial charge in [0.2, 0.25) is 27.4 Å². The smallest absolute Gasteiger partial charge is 0.262 e. The number of nitrogens with zero attached hydrogens (tertiary/aromatic N) is 4. The van der Waals surface area contributed by atoms with Crippen molar-refractivity contribution in [1.82, 2.24) is 24.6 Å². The number of ketones is 1. The monoisotopic (exact) mass is 893 g/mol. The molecule has 0 unspecified atom stereocenters. The fourth-order valence-electron chi connectivity index (χ4n) is 9.26. The Kier molecular flexibility index (Phi) is 11.3. The van der Waals surface area contributed by atoms with Gasteiger partial charge in [-0.2, -0.15) is 4.98 Å². The minimum atomic E-state index is -3.86. The molecule has 0 radical (unpaired) electrons. The van der Waals surface area contributed by atoms with Gasteiger partial charge in [0, 0.05) is 41.0 Å². The largest absolute Gasteiger partial charge is 0.491 e. The molecule has 4 aliphatic rings. The standard InChI is InChI=1S/C48H55N5O8S2/c1-7-29-24-48(29,46(56)52-63(57,58)32-20-21-32)25-37(54)36-22-31(26-53(36)45(55)34(47(4,5)6)23-40-49-35-13-9-11-15-39(35)62-40)60-44-42-41(33-12-8-10-14-38(33)61-42)50-43(51-44)28-16-18-30(19-17-28)59-27(2)3/h7-8,10,12,14,16-19,27,29,31-32,34,36H,1,9,11,13,15,20-26H2,2-6H3,(H,52,56)/t29-,31-,34-,36+,48-/m1/s1. The number of likely N-dealkylation sites (tertiary alicyclic amines) is 1. The van der Waals surface area contributed by atoms with Gasteiger partial charge in [-0.25, -0.2) is 18.4 Å². The molecule has 63 heavy (non-hydrogen) atoms. The van der Waals surface area contributed by atoms with Crippen molar-refractivity contribution >= 4 is 61.0 Å². The van der Waals surface area contributed by atoms with Crippen LogP contribution in [0.25, 0.3) is 33.5 Å². The molecular weight excluding hydrogens is 839 g/mol. The summed E-state index contributed by atoms with van der Waals surface area (Å²) in [6, 6.07) is 14.1. The number of carbonyl (C=O) groups excluding carboxylic acids is 3. The Morgan fingerprint density at radius 1 is 1.05 bits per heavy atom. The normalized spacial score (nSPS) is 22.8. The molecule has 3 aliphatic carbocycles. The van der Waals surface area contributed by atoms with E-state index in [0.29, 0.717) is 47.5 Å². The van der Waals surface area contributed by atoms with Gasteiger partial charge in [0.25, 0.3) is 5.88 Å². The molecule has 3 aromatic heterocycles. The van der Waals surface area contributed by atoms with Crippen molar-refractivity contribution in [3.63, 3.8) is 0 Å². The maximum Gasteiger partial charge on any atom is 0.262 e. The van der Waals surface area contributed by atoms with Gasteiger partial charge in [-0.15, -0.1) is 17.9 Å². The van der Waals surface area contributed by atoms with Gasteiger partial charge >= 0.3 is 0 Å². The van der Waals surface area contributed by atoms with Crippen LogP contribution in [-0.4, -0.2) is 75.9 Å². The number of aryl methyl sites for hydroxylation is 2. The fourth-order valence-corrected chi connectivity index (χ4v) is 11.8. The lowest BCUT2D eigenvalue weighted by Crippen LogP contribution is -2.48. The van der Waals surface area contributed by atoms with Crippen LogP contribution in [-0.2, 0) is 43.7 Å². The number of allylic oxidation sites excluding steroid dienone is 1. The molecule has 332 valence electrons. The average molecular weight is 894 g/mol. The Labute approximate surface area is 372 Å². The van der Waals surface area contributed by atoms with Crippen molar-refractivity contribution in [3.05, 3.63) is 76.8 Å². The van der Waals surface area contributed by atoms with Crippen LogP contribution in [0.15, 0.2) is 65.6 Å². The Morgan fingerprint density at radius 2 is 1.79 bits per heavy atom. The van der Waals surface area contributed by atoms with Crippen LogP contribution in [0, 0.1) is 22.7 Å². The maximum absolute atomic E-state index is 15.2. The molecule has 2 amide bonds. The zero-order valence-electron chi connectivity index (χ0n) is 36.5. The SMILES string of the molecule is C=C[C@@H]1C[C@]1(CC(=O)[C@@H]1C[C@@H](Oc2nc(-c3ccc(OC(C)C)cc3)nc3c2oc2ccccc23)CN1C(=O)[C@@H](Cc1nc2c(s1)CCCC2)C(C)(C)C)C(=O)NS(=O)(=O)C1CC1. The van der Waals surface area contributed by atoms with Crippen molar-refractivity contribution in [2.45, 2.75) is 122 Å². The predicted octanol–water partition coefficient (Wildman–Crippen LogP) is 8.18. The molecule has 0 bridgehead atoms. The second kappa shape index (κ2) is 16.4. The van der Waals surface area contributed by atoms with Gasteiger partial charge in [-0.3, -0.25) is 19.1 Å². The maximum atomic E-state index is 15.2. The number of carbonyl (C=O) groups is 3. The number of thiazole rings is 1.